The zero-order valence-corrected chi connectivity index (χ0v) is 16.2. The van der Waals surface area contributed by atoms with E-state index < -0.39 is 18.0 Å². The van der Waals surface area contributed by atoms with E-state index in [1.54, 1.807) is 10.9 Å². The van der Waals surface area contributed by atoms with Crippen LogP contribution in [0.4, 0.5) is 4.79 Å². The Bertz CT molecular complexity index is 832. The highest BCUT2D eigenvalue weighted by molar-refractivity contribution is 7.10. The van der Waals surface area contributed by atoms with Crippen LogP contribution < -0.4 is 10.6 Å². The molecule has 2 aromatic rings. The number of aromatic nitrogens is 3. The average Bonchev–Trinajstić information content (AvgIpc) is 3.33. The molecule has 1 saturated heterocycles. The molecule has 0 spiro atoms. The summed E-state index contributed by atoms with van der Waals surface area (Å²) in [4.78, 5) is 38.8. The van der Waals surface area contributed by atoms with E-state index in [0.717, 1.165) is 9.78 Å². The Morgan fingerprint density at radius 2 is 2.15 bits per heavy atom. The zero-order valence-electron chi connectivity index (χ0n) is 15.4. The van der Waals surface area contributed by atoms with Crippen molar-refractivity contribution in [1.82, 2.24) is 30.5 Å². The van der Waals surface area contributed by atoms with Gasteiger partial charge in [0.1, 0.15) is 12.6 Å². The first-order valence-corrected chi connectivity index (χ1v) is 9.58. The molecule has 0 radical (unpaired) electrons. The number of thiophene rings is 1. The molecule has 10 heteroatoms. The summed E-state index contributed by atoms with van der Waals surface area (Å²) in [6.07, 6.45) is 1.99. The summed E-state index contributed by atoms with van der Waals surface area (Å²) < 4.78 is 1.69. The predicted molar refractivity (Wildman–Crippen MR) is 99.0 cm³/mol. The molecule has 0 saturated carbocycles. The molecule has 1 fully saturated rings. The molecule has 1 aliphatic heterocycles. The van der Waals surface area contributed by atoms with Crippen LogP contribution in [0.3, 0.4) is 0 Å². The van der Waals surface area contributed by atoms with Crippen molar-refractivity contribution in [3.8, 4) is 0 Å². The van der Waals surface area contributed by atoms with Crippen LogP contribution in [0.25, 0.3) is 0 Å². The molecular weight excluding hydrogens is 368 g/mol. The lowest BCUT2D eigenvalue weighted by Gasteiger charge is -2.16. The first-order valence-electron chi connectivity index (χ1n) is 8.70. The van der Waals surface area contributed by atoms with Crippen LogP contribution in [0.15, 0.2) is 23.7 Å². The summed E-state index contributed by atoms with van der Waals surface area (Å²) in [5.41, 5.74) is 0.611. The number of rotatable bonds is 7. The van der Waals surface area contributed by atoms with Gasteiger partial charge in [-0.05, 0) is 32.2 Å². The van der Waals surface area contributed by atoms with E-state index in [2.05, 4.69) is 20.9 Å². The average molecular weight is 390 g/mol. The maximum absolute atomic E-state index is 12.5. The van der Waals surface area contributed by atoms with Gasteiger partial charge in [-0.15, -0.1) is 16.4 Å². The van der Waals surface area contributed by atoms with Gasteiger partial charge in [-0.3, -0.25) is 14.5 Å². The van der Waals surface area contributed by atoms with Crippen molar-refractivity contribution in [3.63, 3.8) is 0 Å². The minimum atomic E-state index is -0.739. The first kappa shape index (κ1) is 19.0. The van der Waals surface area contributed by atoms with E-state index in [4.69, 9.17) is 0 Å². The maximum Gasteiger partial charge on any atom is 0.325 e. The van der Waals surface area contributed by atoms with Crippen LogP contribution in [0.5, 0.6) is 0 Å². The van der Waals surface area contributed by atoms with Gasteiger partial charge >= 0.3 is 6.03 Å². The van der Waals surface area contributed by atoms with Crippen LogP contribution >= 0.6 is 11.3 Å². The molecular formula is C17H22N6O3S. The Hall–Kier alpha value is -2.75. The second-order valence-electron chi connectivity index (χ2n) is 6.72. The quantitative estimate of drug-likeness (QED) is 0.692. The summed E-state index contributed by atoms with van der Waals surface area (Å²) in [5.74, 6) is -0.816. The van der Waals surface area contributed by atoms with Crippen LogP contribution in [0.1, 0.15) is 43.4 Å². The van der Waals surface area contributed by atoms with E-state index in [-0.39, 0.29) is 31.0 Å². The first-order chi connectivity index (χ1) is 12.8. The molecule has 27 heavy (non-hydrogen) atoms. The standard InChI is InChI=1S/C17H22N6O3S/c1-10(2)23-8-12(20-21-23)7-13-16(25)22(17(26)19-13)9-15(24)18-11(3)14-5-4-6-27-14/h4-6,8,10-11,13H,7,9H2,1-3H3,(H,18,24)(H,19,26)/t11-,13-/m0/s1. The lowest BCUT2D eigenvalue weighted by molar-refractivity contribution is -0.132. The highest BCUT2D eigenvalue weighted by Crippen LogP contribution is 2.18. The Labute approximate surface area is 160 Å². The highest BCUT2D eigenvalue weighted by Gasteiger charge is 2.39. The molecule has 3 rings (SSSR count). The van der Waals surface area contributed by atoms with Crippen molar-refractivity contribution in [2.45, 2.75) is 45.3 Å². The number of nitrogens with zero attached hydrogens (tertiary/aromatic N) is 4. The molecule has 1 aliphatic rings. The molecule has 4 amide bonds. The van der Waals surface area contributed by atoms with Gasteiger partial charge in [0.25, 0.3) is 5.91 Å². The van der Waals surface area contributed by atoms with E-state index in [1.807, 2.05) is 38.3 Å². The Morgan fingerprint density at radius 1 is 1.37 bits per heavy atom. The Balaban J connectivity index is 1.57. The molecule has 0 aliphatic carbocycles. The third-order valence-corrected chi connectivity index (χ3v) is 5.31. The van der Waals surface area contributed by atoms with Gasteiger partial charge in [0, 0.05) is 23.5 Å². The Morgan fingerprint density at radius 3 is 2.78 bits per heavy atom. The fourth-order valence-electron chi connectivity index (χ4n) is 2.77. The SMILES string of the molecule is CC(C)n1cc(C[C@@H]2NC(=O)N(CC(=O)N[C@@H](C)c3cccs3)C2=O)nn1. The van der Waals surface area contributed by atoms with Gasteiger partial charge in [0.15, 0.2) is 0 Å². The van der Waals surface area contributed by atoms with Crippen molar-refractivity contribution in [2.24, 2.45) is 0 Å². The normalized spacial score (nSPS) is 18.1. The van der Waals surface area contributed by atoms with Gasteiger partial charge in [-0.25, -0.2) is 9.48 Å². The number of imide groups is 1. The number of carbonyl (C=O) groups is 3. The highest BCUT2D eigenvalue weighted by atomic mass is 32.1. The molecule has 2 atom stereocenters. The van der Waals surface area contributed by atoms with E-state index in [9.17, 15) is 14.4 Å². The Kier molecular flexibility index (Phi) is 5.54. The third-order valence-electron chi connectivity index (χ3n) is 4.26. The topological polar surface area (TPSA) is 109 Å². The molecule has 0 unspecified atom stereocenters. The van der Waals surface area contributed by atoms with Gasteiger partial charge in [-0.2, -0.15) is 0 Å². The van der Waals surface area contributed by atoms with E-state index in [0.29, 0.717) is 5.69 Å². The van der Waals surface area contributed by atoms with Crippen molar-refractivity contribution < 1.29 is 14.4 Å². The second kappa shape index (κ2) is 7.87. The number of urea groups is 1. The molecule has 2 N–H and O–H groups in total. The second-order valence-corrected chi connectivity index (χ2v) is 7.70. The fourth-order valence-corrected chi connectivity index (χ4v) is 3.51. The largest absolute Gasteiger partial charge is 0.347 e. The smallest absolute Gasteiger partial charge is 0.325 e. The van der Waals surface area contributed by atoms with Gasteiger partial charge in [-0.1, -0.05) is 11.3 Å². The third kappa shape index (κ3) is 4.33. The van der Waals surface area contributed by atoms with Crippen LogP contribution in [0.2, 0.25) is 0 Å². The van der Waals surface area contributed by atoms with Gasteiger partial charge in [0.05, 0.1) is 11.7 Å². The molecule has 0 aromatic carbocycles. The zero-order chi connectivity index (χ0) is 19.6. The number of amides is 4. The maximum atomic E-state index is 12.5. The van der Waals surface area contributed by atoms with Crippen LogP contribution in [-0.4, -0.2) is 50.3 Å². The van der Waals surface area contributed by atoms with Gasteiger partial charge < -0.3 is 10.6 Å². The lowest BCUT2D eigenvalue weighted by atomic mass is 10.1. The minimum Gasteiger partial charge on any atom is -0.347 e. The summed E-state index contributed by atoms with van der Waals surface area (Å²) in [5, 5.41) is 15.4. The van der Waals surface area contributed by atoms with Crippen molar-refractivity contribution >= 4 is 29.2 Å². The van der Waals surface area contributed by atoms with Crippen molar-refractivity contribution in [1.29, 1.82) is 0 Å². The predicted octanol–water partition coefficient (Wildman–Crippen LogP) is 1.26. The number of hydrogen-bond acceptors (Lipinski definition) is 6. The number of nitrogens with one attached hydrogen (secondary N) is 2. The minimum absolute atomic E-state index is 0.158. The van der Waals surface area contributed by atoms with Crippen LogP contribution in [-0.2, 0) is 16.0 Å². The van der Waals surface area contributed by atoms with Crippen molar-refractivity contribution in [2.75, 3.05) is 6.54 Å². The number of carbonyl (C=O) groups excluding carboxylic acids is 3. The number of hydrogen-bond donors (Lipinski definition) is 2. The monoisotopic (exact) mass is 390 g/mol. The fraction of sp³-hybridized carbons (Fsp3) is 0.471. The van der Waals surface area contributed by atoms with Crippen LogP contribution in [0, 0.1) is 0 Å². The summed E-state index contributed by atoms with van der Waals surface area (Å²) in [7, 11) is 0. The van der Waals surface area contributed by atoms with E-state index >= 15 is 0 Å². The molecule has 0 bridgehead atoms. The molecule has 3 heterocycles. The lowest BCUT2D eigenvalue weighted by Crippen LogP contribution is -2.41. The van der Waals surface area contributed by atoms with E-state index in [1.165, 1.54) is 11.3 Å². The molecule has 144 valence electrons. The summed E-state index contributed by atoms with van der Waals surface area (Å²) in [6, 6.07) is 2.49. The molecule has 9 nitrogen and oxygen atoms in total. The van der Waals surface area contributed by atoms with Crippen molar-refractivity contribution in [3.05, 3.63) is 34.3 Å². The molecule has 2 aromatic heterocycles. The summed E-state index contributed by atoms with van der Waals surface area (Å²) in [6.45, 7) is 5.49. The summed E-state index contributed by atoms with van der Waals surface area (Å²) >= 11 is 1.53. The van der Waals surface area contributed by atoms with Gasteiger partial charge in [0.2, 0.25) is 5.91 Å².